The van der Waals surface area contributed by atoms with Crippen molar-refractivity contribution in [2.24, 2.45) is 0 Å². The number of fused-ring (bicyclic) bond motifs is 1. The lowest BCUT2D eigenvalue weighted by Crippen LogP contribution is -2.35. The zero-order valence-electron chi connectivity index (χ0n) is 14.2. The van der Waals surface area contributed by atoms with E-state index in [1.54, 1.807) is 6.33 Å². The predicted molar refractivity (Wildman–Crippen MR) is 101 cm³/mol. The van der Waals surface area contributed by atoms with Crippen LogP contribution in [0.1, 0.15) is 35.2 Å². The van der Waals surface area contributed by atoms with Crippen molar-refractivity contribution in [1.29, 1.82) is 0 Å². The average Bonchev–Trinajstić information content (AvgIpc) is 3.07. The molecule has 0 spiro atoms. The van der Waals surface area contributed by atoms with Crippen molar-refractivity contribution < 1.29 is 4.79 Å². The molecule has 0 radical (unpaired) electrons. The number of piperidine rings is 1. The van der Waals surface area contributed by atoms with E-state index in [-0.39, 0.29) is 5.91 Å². The Kier molecular flexibility index (Phi) is 4.22. The summed E-state index contributed by atoms with van der Waals surface area (Å²) in [7, 11) is 0. The largest absolute Gasteiger partial charge is 0.339 e. The molecule has 2 heterocycles. The Hall–Kier alpha value is -2.33. The summed E-state index contributed by atoms with van der Waals surface area (Å²) in [5.41, 5.74) is 4.51. The zero-order chi connectivity index (χ0) is 17.4. The first-order valence-corrected chi connectivity index (χ1v) is 9.04. The van der Waals surface area contributed by atoms with E-state index in [2.05, 4.69) is 4.98 Å². The summed E-state index contributed by atoms with van der Waals surface area (Å²) in [6, 6.07) is 11.7. The minimum atomic E-state index is 0.106. The lowest BCUT2D eigenvalue weighted by molar-refractivity contribution is 0.0724. The standard InChI is InChI=1S/C20H20ClN3O/c1-14-5-7-16(12-17(14)21)24-13-22-18-11-15(6-8-19(18)24)20(25)23-9-3-2-4-10-23/h5-8,11-13H,2-4,9-10H2,1H3. The molecule has 1 aliphatic rings. The van der Waals surface area contributed by atoms with Gasteiger partial charge in [0.15, 0.2) is 0 Å². The highest BCUT2D eigenvalue weighted by molar-refractivity contribution is 6.31. The van der Waals surface area contributed by atoms with Crippen LogP contribution in [0.25, 0.3) is 16.7 Å². The summed E-state index contributed by atoms with van der Waals surface area (Å²) >= 11 is 6.25. The quantitative estimate of drug-likeness (QED) is 0.674. The van der Waals surface area contributed by atoms with Crippen molar-refractivity contribution in [2.75, 3.05) is 13.1 Å². The first kappa shape index (κ1) is 16.2. The number of rotatable bonds is 2. The van der Waals surface area contributed by atoms with Gasteiger partial charge in [0.05, 0.1) is 11.0 Å². The summed E-state index contributed by atoms with van der Waals surface area (Å²) < 4.78 is 2.00. The Morgan fingerprint density at radius 1 is 1.08 bits per heavy atom. The van der Waals surface area contributed by atoms with Gasteiger partial charge in [-0.3, -0.25) is 9.36 Å². The van der Waals surface area contributed by atoms with Crippen LogP contribution in [0.5, 0.6) is 0 Å². The lowest BCUT2D eigenvalue weighted by Gasteiger charge is -2.26. The van der Waals surface area contributed by atoms with Crippen LogP contribution in [0.2, 0.25) is 5.02 Å². The second-order valence-corrected chi connectivity index (χ2v) is 7.01. The smallest absolute Gasteiger partial charge is 0.253 e. The lowest BCUT2D eigenvalue weighted by atomic mass is 10.1. The maximum Gasteiger partial charge on any atom is 0.253 e. The molecule has 0 atom stereocenters. The Labute approximate surface area is 152 Å². The Morgan fingerprint density at radius 2 is 1.88 bits per heavy atom. The van der Waals surface area contributed by atoms with E-state index in [9.17, 15) is 4.79 Å². The predicted octanol–water partition coefficient (Wildman–Crippen LogP) is 4.61. The van der Waals surface area contributed by atoms with Crippen molar-refractivity contribution in [2.45, 2.75) is 26.2 Å². The topological polar surface area (TPSA) is 38.1 Å². The molecule has 4 nitrogen and oxygen atoms in total. The van der Waals surface area contributed by atoms with Crippen LogP contribution in [-0.4, -0.2) is 33.4 Å². The SMILES string of the molecule is Cc1ccc(-n2cnc3cc(C(=O)N4CCCCC4)ccc32)cc1Cl. The molecule has 5 heteroatoms. The van der Waals surface area contributed by atoms with Gasteiger partial charge in [-0.05, 0) is 62.1 Å². The number of benzene rings is 2. The summed E-state index contributed by atoms with van der Waals surface area (Å²) in [5.74, 6) is 0.106. The molecule has 1 aliphatic heterocycles. The average molecular weight is 354 g/mol. The van der Waals surface area contributed by atoms with Gasteiger partial charge in [0.25, 0.3) is 5.91 Å². The molecule has 1 saturated heterocycles. The third-order valence-electron chi connectivity index (χ3n) is 4.87. The van der Waals surface area contributed by atoms with Crippen molar-refractivity contribution >= 4 is 28.5 Å². The van der Waals surface area contributed by atoms with E-state index in [0.717, 1.165) is 53.2 Å². The third-order valence-corrected chi connectivity index (χ3v) is 5.28. The van der Waals surface area contributed by atoms with Crippen molar-refractivity contribution in [3.8, 4) is 5.69 Å². The fourth-order valence-electron chi connectivity index (χ4n) is 3.36. The Morgan fingerprint density at radius 3 is 2.64 bits per heavy atom. The summed E-state index contributed by atoms with van der Waals surface area (Å²) in [5, 5.41) is 0.733. The summed E-state index contributed by atoms with van der Waals surface area (Å²) in [6.45, 7) is 3.69. The maximum absolute atomic E-state index is 12.7. The first-order valence-electron chi connectivity index (χ1n) is 8.66. The third kappa shape index (κ3) is 3.02. The van der Waals surface area contributed by atoms with Gasteiger partial charge >= 0.3 is 0 Å². The van der Waals surface area contributed by atoms with Gasteiger partial charge < -0.3 is 4.90 Å². The van der Waals surface area contributed by atoms with Gasteiger partial charge in [-0.15, -0.1) is 0 Å². The number of amides is 1. The first-order chi connectivity index (χ1) is 12.1. The fraction of sp³-hybridized carbons (Fsp3) is 0.300. The van der Waals surface area contributed by atoms with E-state index in [0.29, 0.717) is 5.56 Å². The molecule has 25 heavy (non-hydrogen) atoms. The summed E-state index contributed by atoms with van der Waals surface area (Å²) in [6.07, 6.45) is 5.18. The van der Waals surface area contributed by atoms with Gasteiger partial charge in [-0.25, -0.2) is 4.98 Å². The van der Waals surface area contributed by atoms with Gasteiger partial charge in [-0.1, -0.05) is 17.7 Å². The number of halogens is 1. The van der Waals surface area contributed by atoms with Gasteiger partial charge in [0, 0.05) is 29.4 Å². The molecule has 1 amide bonds. The molecule has 2 aromatic carbocycles. The minimum absolute atomic E-state index is 0.106. The van der Waals surface area contributed by atoms with E-state index in [4.69, 9.17) is 11.6 Å². The normalized spacial score (nSPS) is 14.9. The van der Waals surface area contributed by atoms with Gasteiger partial charge in [0.1, 0.15) is 6.33 Å². The van der Waals surface area contributed by atoms with Crippen LogP contribution in [0.4, 0.5) is 0 Å². The Bertz CT molecular complexity index is 941. The molecule has 0 aliphatic carbocycles. The molecule has 1 aromatic heterocycles. The van der Waals surface area contributed by atoms with E-state index < -0.39 is 0 Å². The number of likely N-dealkylation sites (tertiary alicyclic amines) is 1. The Balaban J connectivity index is 1.69. The number of imidazole rings is 1. The van der Waals surface area contributed by atoms with Crippen molar-refractivity contribution in [3.05, 3.63) is 58.9 Å². The number of aryl methyl sites for hydroxylation is 1. The molecule has 1 fully saturated rings. The number of carbonyl (C=O) groups is 1. The number of aromatic nitrogens is 2. The highest BCUT2D eigenvalue weighted by Gasteiger charge is 2.19. The number of carbonyl (C=O) groups excluding carboxylic acids is 1. The summed E-state index contributed by atoms with van der Waals surface area (Å²) in [4.78, 5) is 19.1. The maximum atomic E-state index is 12.7. The molecule has 0 bridgehead atoms. The molecule has 0 N–H and O–H groups in total. The van der Waals surface area contributed by atoms with Gasteiger partial charge in [0.2, 0.25) is 0 Å². The number of hydrogen-bond acceptors (Lipinski definition) is 2. The highest BCUT2D eigenvalue weighted by atomic mass is 35.5. The zero-order valence-corrected chi connectivity index (χ0v) is 15.0. The molecular weight excluding hydrogens is 334 g/mol. The fourth-order valence-corrected chi connectivity index (χ4v) is 3.54. The monoisotopic (exact) mass is 353 g/mol. The van der Waals surface area contributed by atoms with Crippen molar-refractivity contribution in [1.82, 2.24) is 14.5 Å². The number of hydrogen-bond donors (Lipinski definition) is 0. The molecule has 0 unspecified atom stereocenters. The molecule has 0 saturated carbocycles. The molecule has 128 valence electrons. The van der Waals surface area contributed by atoms with E-state index in [1.165, 1.54) is 6.42 Å². The van der Waals surface area contributed by atoms with E-state index >= 15 is 0 Å². The van der Waals surface area contributed by atoms with Crippen LogP contribution in [0, 0.1) is 6.92 Å². The van der Waals surface area contributed by atoms with Crippen LogP contribution in [-0.2, 0) is 0 Å². The van der Waals surface area contributed by atoms with Crippen LogP contribution in [0.3, 0.4) is 0 Å². The van der Waals surface area contributed by atoms with Crippen LogP contribution >= 0.6 is 11.6 Å². The molecular formula is C20H20ClN3O. The minimum Gasteiger partial charge on any atom is -0.339 e. The van der Waals surface area contributed by atoms with Crippen molar-refractivity contribution in [3.63, 3.8) is 0 Å². The second kappa shape index (κ2) is 6.52. The van der Waals surface area contributed by atoms with Gasteiger partial charge in [-0.2, -0.15) is 0 Å². The van der Waals surface area contributed by atoms with Crippen LogP contribution < -0.4 is 0 Å². The van der Waals surface area contributed by atoms with E-state index in [1.807, 2.05) is 52.8 Å². The highest BCUT2D eigenvalue weighted by Crippen LogP contribution is 2.24. The second-order valence-electron chi connectivity index (χ2n) is 6.60. The number of nitrogens with zero attached hydrogens (tertiary/aromatic N) is 3. The molecule has 3 aromatic rings. The van der Waals surface area contributed by atoms with Crippen LogP contribution in [0.15, 0.2) is 42.7 Å². The molecule has 4 rings (SSSR count).